The van der Waals surface area contributed by atoms with Crippen LogP contribution in [0.5, 0.6) is 0 Å². The van der Waals surface area contributed by atoms with E-state index in [1.165, 1.54) is 11.2 Å². The Kier molecular flexibility index (Phi) is 4.03. The maximum Gasteiger partial charge on any atom is 0.354 e. The topological polar surface area (TPSA) is 86.3 Å². The summed E-state index contributed by atoms with van der Waals surface area (Å²) < 4.78 is 0. The molecule has 6 heteroatoms. The number of aromatic nitrogens is 2. The molecule has 2 N–H and O–H groups in total. The normalized spacial score (nSPS) is 10.3. The number of amides is 1. The lowest BCUT2D eigenvalue weighted by molar-refractivity contribution is 0.0660. The number of hydrogen-bond donors (Lipinski definition) is 2. The van der Waals surface area contributed by atoms with Gasteiger partial charge in [0.25, 0.3) is 5.91 Å². The average molecular weight is 237 g/mol. The summed E-state index contributed by atoms with van der Waals surface area (Å²) in [7, 11) is 0. The van der Waals surface area contributed by atoms with Crippen LogP contribution in [0.1, 0.15) is 34.8 Å². The van der Waals surface area contributed by atoms with Crippen molar-refractivity contribution in [2.45, 2.75) is 19.9 Å². The molecule has 92 valence electrons. The molecule has 0 aliphatic carbocycles. The number of carboxylic acid groups (broad SMARTS) is 1. The Balaban J connectivity index is 3.05. The van der Waals surface area contributed by atoms with Crippen molar-refractivity contribution in [3.8, 4) is 0 Å². The van der Waals surface area contributed by atoms with Gasteiger partial charge in [-0.3, -0.25) is 4.79 Å². The van der Waals surface area contributed by atoms with Crippen molar-refractivity contribution in [2.24, 2.45) is 0 Å². The third-order valence-electron chi connectivity index (χ3n) is 2.27. The van der Waals surface area contributed by atoms with E-state index in [9.17, 15) is 9.59 Å². The van der Waals surface area contributed by atoms with Crippen LogP contribution in [0.3, 0.4) is 0 Å². The molecule has 1 aromatic rings. The molecule has 0 atom stereocenters. The number of nitrogens with zero attached hydrogens (tertiary/aromatic N) is 2. The summed E-state index contributed by atoms with van der Waals surface area (Å²) in [5, 5.41) is 8.89. The number of aromatic amines is 1. The molecule has 0 bridgehead atoms. The van der Waals surface area contributed by atoms with Crippen molar-refractivity contribution in [2.75, 3.05) is 6.54 Å². The van der Waals surface area contributed by atoms with Crippen LogP contribution in [0, 0.1) is 0 Å². The van der Waals surface area contributed by atoms with E-state index in [2.05, 4.69) is 16.5 Å². The number of rotatable bonds is 5. The van der Waals surface area contributed by atoms with Gasteiger partial charge in [0.05, 0.1) is 6.33 Å². The lowest BCUT2D eigenvalue weighted by Gasteiger charge is -2.24. The Morgan fingerprint density at radius 1 is 1.65 bits per heavy atom. The van der Waals surface area contributed by atoms with Crippen molar-refractivity contribution < 1.29 is 14.7 Å². The molecule has 0 spiro atoms. The van der Waals surface area contributed by atoms with Crippen LogP contribution in [0.15, 0.2) is 19.0 Å². The number of imidazole rings is 1. The SMILES string of the molecule is C=CCN(C(=O)c1nc[nH]c1C(=O)O)C(C)C. The van der Waals surface area contributed by atoms with Gasteiger partial charge < -0.3 is 15.0 Å². The maximum atomic E-state index is 12.1. The van der Waals surface area contributed by atoms with Crippen molar-refractivity contribution in [3.63, 3.8) is 0 Å². The fourth-order valence-corrected chi connectivity index (χ4v) is 1.42. The molecule has 0 fully saturated rings. The minimum Gasteiger partial charge on any atom is -0.477 e. The predicted octanol–water partition coefficient (Wildman–Crippen LogP) is 1.14. The molecule has 0 radical (unpaired) electrons. The zero-order chi connectivity index (χ0) is 13.0. The molecule has 1 heterocycles. The molecule has 0 saturated carbocycles. The summed E-state index contributed by atoms with van der Waals surface area (Å²) in [6.07, 6.45) is 2.79. The van der Waals surface area contributed by atoms with E-state index in [-0.39, 0.29) is 17.4 Å². The molecule has 1 rings (SSSR count). The Morgan fingerprint density at radius 3 is 2.76 bits per heavy atom. The van der Waals surface area contributed by atoms with Crippen LogP contribution in [-0.2, 0) is 0 Å². The Hall–Kier alpha value is -2.11. The van der Waals surface area contributed by atoms with Gasteiger partial charge in [-0.2, -0.15) is 0 Å². The van der Waals surface area contributed by atoms with E-state index < -0.39 is 11.9 Å². The number of carbonyl (C=O) groups excluding carboxylic acids is 1. The summed E-state index contributed by atoms with van der Waals surface area (Å²) in [6, 6.07) is -0.0566. The zero-order valence-electron chi connectivity index (χ0n) is 9.80. The van der Waals surface area contributed by atoms with Gasteiger partial charge in [0, 0.05) is 12.6 Å². The van der Waals surface area contributed by atoms with Crippen molar-refractivity contribution >= 4 is 11.9 Å². The van der Waals surface area contributed by atoms with Gasteiger partial charge in [0.15, 0.2) is 11.4 Å². The van der Waals surface area contributed by atoms with Crippen LogP contribution in [0.2, 0.25) is 0 Å². The third kappa shape index (κ3) is 2.72. The molecular weight excluding hydrogens is 222 g/mol. The fourth-order valence-electron chi connectivity index (χ4n) is 1.42. The molecule has 0 aromatic carbocycles. The lowest BCUT2D eigenvalue weighted by atomic mass is 10.2. The van der Waals surface area contributed by atoms with Crippen molar-refractivity contribution in [3.05, 3.63) is 30.4 Å². The second-order valence-corrected chi connectivity index (χ2v) is 3.77. The molecular formula is C11H15N3O3. The van der Waals surface area contributed by atoms with Crippen molar-refractivity contribution in [1.82, 2.24) is 14.9 Å². The first-order valence-electron chi connectivity index (χ1n) is 5.17. The summed E-state index contributed by atoms with van der Waals surface area (Å²) in [5.41, 5.74) is -0.266. The molecule has 0 aliphatic rings. The second kappa shape index (κ2) is 5.29. The molecule has 0 aliphatic heterocycles. The van der Waals surface area contributed by atoms with Crippen molar-refractivity contribution in [1.29, 1.82) is 0 Å². The van der Waals surface area contributed by atoms with Crippen LogP contribution < -0.4 is 0 Å². The van der Waals surface area contributed by atoms with Gasteiger partial charge in [0.1, 0.15) is 0 Å². The van der Waals surface area contributed by atoms with Crippen LogP contribution >= 0.6 is 0 Å². The number of H-pyrrole nitrogens is 1. The standard InChI is InChI=1S/C11H15N3O3/c1-4-5-14(7(2)3)10(15)8-9(11(16)17)13-6-12-8/h4,6-7H,1,5H2,2-3H3,(H,12,13)(H,16,17). The monoisotopic (exact) mass is 237 g/mol. The molecule has 1 aromatic heterocycles. The van der Waals surface area contributed by atoms with E-state index in [4.69, 9.17) is 5.11 Å². The molecule has 1 amide bonds. The maximum absolute atomic E-state index is 12.1. The van der Waals surface area contributed by atoms with E-state index in [0.717, 1.165) is 0 Å². The number of aromatic carboxylic acids is 1. The van der Waals surface area contributed by atoms with Gasteiger partial charge in [0.2, 0.25) is 0 Å². The highest BCUT2D eigenvalue weighted by atomic mass is 16.4. The first-order chi connectivity index (χ1) is 7.99. The van der Waals surface area contributed by atoms with Gasteiger partial charge in [-0.15, -0.1) is 6.58 Å². The minimum atomic E-state index is -1.20. The highest BCUT2D eigenvalue weighted by Crippen LogP contribution is 2.10. The zero-order valence-corrected chi connectivity index (χ0v) is 9.80. The smallest absolute Gasteiger partial charge is 0.354 e. The van der Waals surface area contributed by atoms with Gasteiger partial charge in [-0.1, -0.05) is 6.08 Å². The average Bonchev–Trinajstić information content (AvgIpc) is 2.73. The predicted molar refractivity (Wildman–Crippen MR) is 61.9 cm³/mol. The molecule has 0 unspecified atom stereocenters. The second-order valence-electron chi connectivity index (χ2n) is 3.77. The van der Waals surface area contributed by atoms with Crippen LogP contribution in [0.4, 0.5) is 0 Å². The molecule has 6 nitrogen and oxygen atoms in total. The Bertz CT molecular complexity index is 437. The largest absolute Gasteiger partial charge is 0.477 e. The van der Waals surface area contributed by atoms with Gasteiger partial charge >= 0.3 is 5.97 Å². The quantitative estimate of drug-likeness (QED) is 0.752. The highest BCUT2D eigenvalue weighted by molar-refractivity contribution is 6.02. The lowest BCUT2D eigenvalue weighted by Crippen LogP contribution is -2.38. The number of hydrogen-bond acceptors (Lipinski definition) is 3. The van der Waals surface area contributed by atoms with Crippen LogP contribution in [0.25, 0.3) is 0 Å². The molecule has 0 saturated heterocycles. The molecule has 17 heavy (non-hydrogen) atoms. The summed E-state index contributed by atoms with van der Waals surface area (Å²) in [4.78, 5) is 30.7. The fraction of sp³-hybridized carbons (Fsp3) is 0.364. The van der Waals surface area contributed by atoms with Gasteiger partial charge in [-0.05, 0) is 13.8 Å². The van der Waals surface area contributed by atoms with Crippen LogP contribution in [-0.4, -0.2) is 44.4 Å². The number of carboxylic acids is 1. The Morgan fingerprint density at radius 2 is 2.29 bits per heavy atom. The van der Waals surface area contributed by atoms with E-state index in [1.54, 1.807) is 6.08 Å². The third-order valence-corrected chi connectivity index (χ3v) is 2.27. The minimum absolute atomic E-state index is 0.0566. The van der Waals surface area contributed by atoms with E-state index >= 15 is 0 Å². The highest BCUT2D eigenvalue weighted by Gasteiger charge is 2.25. The van der Waals surface area contributed by atoms with E-state index in [1.807, 2.05) is 13.8 Å². The summed E-state index contributed by atoms with van der Waals surface area (Å²) >= 11 is 0. The Labute approximate surface area is 99.0 Å². The van der Waals surface area contributed by atoms with Gasteiger partial charge in [-0.25, -0.2) is 9.78 Å². The number of nitrogens with one attached hydrogen (secondary N) is 1. The van der Waals surface area contributed by atoms with E-state index in [0.29, 0.717) is 6.54 Å². The summed E-state index contributed by atoms with van der Waals surface area (Å²) in [6.45, 7) is 7.60. The number of carbonyl (C=O) groups is 2. The first-order valence-corrected chi connectivity index (χ1v) is 5.17. The summed E-state index contributed by atoms with van der Waals surface area (Å²) in [5.74, 6) is -1.62. The first kappa shape index (κ1) is 13.0.